The molecule has 5 heteroatoms. The average molecular weight is 303 g/mol. The van der Waals surface area contributed by atoms with Crippen molar-refractivity contribution in [3.8, 4) is 11.8 Å². The third-order valence-electron chi connectivity index (χ3n) is 3.49. The Balaban J connectivity index is 2.44. The fourth-order valence-electron chi connectivity index (χ4n) is 2.15. The summed E-state index contributed by atoms with van der Waals surface area (Å²) < 4.78 is 5.87. The van der Waals surface area contributed by atoms with E-state index in [9.17, 15) is 4.79 Å². The molecule has 0 saturated heterocycles. The number of nitrogens with zero attached hydrogens (tertiary/aromatic N) is 2. The third kappa shape index (κ3) is 6.59. The van der Waals surface area contributed by atoms with Crippen molar-refractivity contribution in [1.82, 2.24) is 10.2 Å². The van der Waals surface area contributed by atoms with Crippen molar-refractivity contribution < 1.29 is 9.53 Å². The van der Waals surface area contributed by atoms with Crippen LogP contribution in [0.5, 0.6) is 5.75 Å². The number of nitrogens with one attached hydrogen (secondary N) is 1. The van der Waals surface area contributed by atoms with Gasteiger partial charge in [0.1, 0.15) is 18.8 Å². The summed E-state index contributed by atoms with van der Waals surface area (Å²) in [6.07, 6.45) is 0.598. The zero-order chi connectivity index (χ0) is 16.2. The molecule has 5 nitrogen and oxygen atoms in total. The summed E-state index contributed by atoms with van der Waals surface area (Å²) in [5.41, 5.74) is 1.07. The number of ether oxygens (including phenoxy) is 1. The van der Waals surface area contributed by atoms with Crippen LogP contribution in [0.25, 0.3) is 0 Å². The van der Waals surface area contributed by atoms with E-state index < -0.39 is 0 Å². The van der Waals surface area contributed by atoms with E-state index in [1.807, 2.05) is 30.3 Å². The molecule has 22 heavy (non-hydrogen) atoms. The van der Waals surface area contributed by atoms with E-state index in [2.05, 4.69) is 24.1 Å². The minimum Gasteiger partial charge on any atom is -0.492 e. The predicted molar refractivity (Wildman–Crippen MR) is 86.7 cm³/mol. The van der Waals surface area contributed by atoms with Crippen molar-refractivity contribution in [3.05, 3.63) is 29.8 Å². The first-order valence-electron chi connectivity index (χ1n) is 7.77. The smallest absolute Gasteiger partial charge is 0.234 e. The van der Waals surface area contributed by atoms with Crippen LogP contribution < -0.4 is 10.1 Å². The van der Waals surface area contributed by atoms with Gasteiger partial charge in [0.2, 0.25) is 5.91 Å². The van der Waals surface area contributed by atoms with Gasteiger partial charge in [-0.25, -0.2) is 0 Å². The lowest BCUT2D eigenvalue weighted by atomic mass is 10.1. The number of para-hydroxylation sites is 1. The third-order valence-corrected chi connectivity index (χ3v) is 3.49. The highest BCUT2D eigenvalue weighted by Crippen LogP contribution is 2.18. The molecule has 120 valence electrons. The van der Waals surface area contributed by atoms with E-state index in [1.54, 1.807) is 0 Å². The Morgan fingerprint density at radius 2 is 2.05 bits per heavy atom. The monoisotopic (exact) mass is 303 g/mol. The van der Waals surface area contributed by atoms with E-state index >= 15 is 0 Å². The summed E-state index contributed by atoms with van der Waals surface area (Å²) >= 11 is 0. The molecule has 1 rings (SSSR count). The van der Waals surface area contributed by atoms with Crippen LogP contribution in [0, 0.1) is 11.3 Å². The Hall–Kier alpha value is -2.06. The predicted octanol–water partition coefficient (Wildman–Crippen LogP) is 1.98. The molecule has 0 unspecified atom stereocenters. The second-order valence-corrected chi connectivity index (χ2v) is 4.92. The molecule has 0 aliphatic carbocycles. The Morgan fingerprint density at radius 3 is 2.73 bits per heavy atom. The molecule has 1 amide bonds. The Morgan fingerprint density at radius 1 is 1.32 bits per heavy atom. The Bertz CT molecular complexity index is 493. The maximum Gasteiger partial charge on any atom is 0.234 e. The number of likely N-dealkylation sites (N-methyl/N-ethyl adjacent to an activating group) is 1. The summed E-state index contributed by atoms with van der Waals surface area (Å²) in [7, 11) is 0. The number of benzene rings is 1. The molecule has 0 aliphatic rings. The van der Waals surface area contributed by atoms with Gasteiger partial charge in [-0.05, 0) is 31.1 Å². The molecule has 0 fully saturated rings. The molecule has 1 aromatic rings. The van der Waals surface area contributed by atoms with Crippen molar-refractivity contribution in [2.75, 3.05) is 32.8 Å². The van der Waals surface area contributed by atoms with Crippen LogP contribution in [0.1, 0.15) is 25.8 Å². The Kier molecular flexibility index (Phi) is 8.70. The topological polar surface area (TPSA) is 65.4 Å². The van der Waals surface area contributed by atoms with Crippen LogP contribution in [0.3, 0.4) is 0 Å². The highest BCUT2D eigenvalue weighted by Gasteiger charge is 2.05. The quantitative estimate of drug-likeness (QED) is 0.718. The van der Waals surface area contributed by atoms with Gasteiger partial charge in [-0.15, -0.1) is 0 Å². The number of rotatable bonds is 10. The van der Waals surface area contributed by atoms with Crippen LogP contribution >= 0.6 is 0 Å². The first-order chi connectivity index (χ1) is 10.7. The van der Waals surface area contributed by atoms with Gasteiger partial charge in [0.15, 0.2) is 0 Å². The molecular formula is C17H25N3O2. The minimum absolute atomic E-state index is 0.0952. The van der Waals surface area contributed by atoms with Gasteiger partial charge < -0.3 is 15.0 Å². The molecule has 1 aromatic carbocycles. The lowest BCUT2D eigenvalue weighted by molar-refractivity contribution is -0.120. The molecule has 0 bridgehead atoms. The van der Waals surface area contributed by atoms with E-state index in [1.165, 1.54) is 0 Å². The fourth-order valence-corrected chi connectivity index (χ4v) is 2.15. The highest BCUT2D eigenvalue weighted by atomic mass is 16.5. The van der Waals surface area contributed by atoms with Crippen LogP contribution in [0.2, 0.25) is 0 Å². The van der Waals surface area contributed by atoms with Gasteiger partial charge in [0, 0.05) is 13.1 Å². The molecule has 0 aliphatic heterocycles. The van der Waals surface area contributed by atoms with Crippen LogP contribution in [0.4, 0.5) is 0 Å². The number of hydrogen-bond donors (Lipinski definition) is 1. The van der Waals surface area contributed by atoms with Crippen molar-refractivity contribution in [2.45, 2.75) is 26.7 Å². The fraction of sp³-hybridized carbons (Fsp3) is 0.529. The van der Waals surface area contributed by atoms with Gasteiger partial charge in [0.05, 0.1) is 6.07 Å². The molecule has 1 N–H and O–H groups in total. The summed E-state index contributed by atoms with van der Waals surface area (Å²) in [5.74, 6) is 0.631. The first-order valence-corrected chi connectivity index (χ1v) is 7.77. The number of nitriles is 1. The van der Waals surface area contributed by atoms with Crippen molar-refractivity contribution in [2.24, 2.45) is 0 Å². The molecule has 0 heterocycles. The number of hydrogen-bond acceptors (Lipinski definition) is 4. The van der Waals surface area contributed by atoms with Gasteiger partial charge in [-0.1, -0.05) is 32.0 Å². The van der Waals surface area contributed by atoms with Gasteiger partial charge >= 0.3 is 0 Å². The average Bonchev–Trinajstić information content (AvgIpc) is 2.53. The van der Waals surface area contributed by atoms with E-state index in [-0.39, 0.29) is 12.3 Å². The second kappa shape index (κ2) is 10.6. The zero-order valence-electron chi connectivity index (χ0n) is 13.5. The first kappa shape index (κ1) is 18.0. The Labute approximate surface area is 132 Å². The van der Waals surface area contributed by atoms with E-state index in [4.69, 9.17) is 10.00 Å². The van der Waals surface area contributed by atoms with E-state index in [0.29, 0.717) is 19.6 Å². The normalized spacial score (nSPS) is 10.3. The van der Waals surface area contributed by atoms with Crippen LogP contribution in [-0.4, -0.2) is 43.6 Å². The number of amides is 1. The van der Waals surface area contributed by atoms with Gasteiger partial charge in [-0.2, -0.15) is 5.26 Å². The van der Waals surface area contributed by atoms with Crippen LogP contribution in [0.15, 0.2) is 24.3 Å². The maximum absolute atomic E-state index is 11.3. The van der Waals surface area contributed by atoms with Gasteiger partial charge in [0.25, 0.3) is 0 Å². The number of carbonyl (C=O) groups is 1. The summed E-state index contributed by atoms with van der Waals surface area (Å²) in [6.45, 7) is 8.39. The van der Waals surface area contributed by atoms with Crippen molar-refractivity contribution in [1.29, 1.82) is 5.26 Å². The standard InChI is InChI=1S/C17H25N3O2/c1-3-20(4-2)13-14-22-16-8-6-5-7-15(16)10-12-19-17(21)9-11-18/h5-8H,3-4,9-10,12-14H2,1-2H3,(H,19,21). The van der Waals surface area contributed by atoms with Gasteiger partial charge in [-0.3, -0.25) is 4.79 Å². The molecule has 0 spiro atoms. The summed E-state index contributed by atoms with van der Waals surface area (Å²) in [4.78, 5) is 13.6. The summed E-state index contributed by atoms with van der Waals surface area (Å²) in [6, 6.07) is 9.70. The zero-order valence-corrected chi connectivity index (χ0v) is 13.5. The molecular weight excluding hydrogens is 278 g/mol. The van der Waals surface area contributed by atoms with Crippen molar-refractivity contribution in [3.63, 3.8) is 0 Å². The second-order valence-electron chi connectivity index (χ2n) is 4.92. The molecule has 0 radical (unpaired) electrons. The van der Waals surface area contributed by atoms with E-state index in [0.717, 1.165) is 30.9 Å². The van der Waals surface area contributed by atoms with Crippen LogP contribution in [-0.2, 0) is 11.2 Å². The van der Waals surface area contributed by atoms with Crippen molar-refractivity contribution >= 4 is 5.91 Å². The largest absolute Gasteiger partial charge is 0.492 e. The molecule has 0 saturated carbocycles. The number of carbonyl (C=O) groups excluding carboxylic acids is 1. The lowest BCUT2D eigenvalue weighted by Gasteiger charge is -2.19. The highest BCUT2D eigenvalue weighted by molar-refractivity contribution is 5.77. The molecule has 0 atom stereocenters. The summed E-state index contributed by atoms with van der Waals surface area (Å²) in [5, 5.41) is 11.2. The SMILES string of the molecule is CCN(CC)CCOc1ccccc1CCNC(=O)CC#N. The maximum atomic E-state index is 11.3. The lowest BCUT2D eigenvalue weighted by Crippen LogP contribution is -2.28. The molecule has 0 aromatic heterocycles. The minimum atomic E-state index is -0.234.